The first-order valence-electron chi connectivity index (χ1n) is 6.77. The summed E-state index contributed by atoms with van der Waals surface area (Å²) in [4.78, 5) is 8.49. The van der Waals surface area contributed by atoms with Gasteiger partial charge in [-0.05, 0) is 25.3 Å². The predicted molar refractivity (Wildman–Crippen MR) is 74.9 cm³/mol. The second-order valence-electron chi connectivity index (χ2n) is 5.23. The van der Waals surface area contributed by atoms with E-state index in [0.29, 0.717) is 12.0 Å². The molecule has 18 heavy (non-hydrogen) atoms. The van der Waals surface area contributed by atoms with Crippen LogP contribution < -0.4 is 16.0 Å². The molecular weight excluding hydrogens is 226 g/mol. The van der Waals surface area contributed by atoms with Crippen molar-refractivity contribution in [2.45, 2.75) is 32.7 Å². The molecule has 0 saturated carbocycles. The van der Waals surface area contributed by atoms with Crippen LogP contribution in [0.15, 0.2) is 12.4 Å². The number of hydrogen-bond acceptors (Lipinski definition) is 5. The molecule has 1 aliphatic heterocycles. The average molecular weight is 249 g/mol. The first-order valence-corrected chi connectivity index (χ1v) is 6.77. The van der Waals surface area contributed by atoms with Gasteiger partial charge in [0.05, 0.1) is 0 Å². The predicted octanol–water partition coefficient (Wildman–Crippen LogP) is 1.71. The third-order valence-corrected chi connectivity index (χ3v) is 3.11. The van der Waals surface area contributed by atoms with E-state index in [4.69, 9.17) is 0 Å². The SMILES string of the molecule is CC(C)CCNc1cc(N[C@H]2CCNC2)ncn1. The summed E-state index contributed by atoms with van der Waals surface area (Å²) in [5, 5.41) is 10.1. The largest absolute Gasteiger partial charge is 0.370 e. The van der Waals surface area contributed by atoms with Crippen molar-refractivity contribution in [1.82, 2.24) is 15.3 Å². The van der Waals surface area contributed by atoms with Crippen molar-refractivity contribution in [3.8, 4) is 0 Å². The summed E-state index contributed by atoms with van der Waals surface area (Å²) >= 11 is 0. The fraction of sp³-hybridized carbons (Fsp3) is 0.692. The van der Waals surface area contributed by atoms with Gasteiger partial charge in [0.1, 0.15) is 18.0 Å². The van der Waals surface area contributed by atoms with Crippen LogP contribution in [-0.2, 0) is 0 Å². The van der Waals surface area contributed by atoms with E-state index in [1.165, 1.54) is 0 Å². The molecule has 2 heterocycles. The van der Waals surface area contributed by atoms with Gasteiger partial charge in [-0.25, -0.2) is 9.97 Å². The minimum absolute atomic E-state index is 0.489. The number of anilines is 2. The first kappa shape index (κ1) is 13.1. The molecule has 0 aromatic carbocycles. The van der Waals surface area contributed by atoms with Crippen molar-refractivity contribution in [1.29, 1.82) is 0 Å². The zero-order valence-corrected chi connectivity index (χ0v) is 11.2. The lowest BCUT2D eigenvalue weighted by Gasteiger charge is -2.13. The van der Waals surface area contributed by atoms with E-state index >= 15 is 0 Å². The summed E-state index contributed by atoms with van der Waals surface area (Å²) in [6.45, 7) is 7.50. The van der Waals surface area contributed by atoms with Gasteiger partial charge >= 0.3 is 0 Å². The van der Waals surface area contributed by atoms with E-state index in [1.807, 2.05) is 6.07 Å². The van der Waals surface area contributed by atoms with Gasteiger partial charge in [-0.15, -0.1) is 0 Å². The zero-order valence-electron chi connectivity index (χ0n) is 11.2. The van der Waals surface area contributed by atoms with Crippen molar-refractivity contribution < 1.29 is 0 Å². The summed E-state index contributed by atoms with van der Waals surface area (Å²) in [5.41, 5.74) is 0. The highest BCUT2D eigenvalue weighted by atomic mass is 15.1. The first-order chi connectivity index (χ1) is 8.74. The Morgan fingerprint density at radius 1 is 1.39 bits per heavy atom. The van der Waals surface area contributed by atoms with E-state index < -0.39 is 0 Å². The van der Waals surface area contributed by atoms with Crippen LogP contribution in [0.2, 0.25) is 0 Å². The van der Waals surface area contributed by atoms with E-state index in [2.05, 4.69) is 39.8 Å². The van der Waals surface area contributed by atoms with Crippen LogP contribution in [-0.4, -0.2) is 35.6 Å². The number of nitrogens with one attached hydrogen (secondary N) is 3. The highest BCUT2D eigenvalue weighted by molar-refractivity contribution is 5.47. The van der Waals surface area contributed by atoms with Crippen LogP contribution in [0.3, 0.4) is 0 Å². The van der Waals surface area contributed by atoms with Crippen LogP contribution in [0.5, 0.6) is 0 Å². The Hall–Kier alpha value is -1.36. The van der Waals surface area contributed by atoms with Gasteiger partial charge in [0.25, 0.3) is 0 Å². The fourth-order valence-corrected chi connectivity index (χ4v) is 2.01. The second kappa shape index (κ2) is 6.54. The van der Waals surface area contributed by atoms with Gasteiger partial charge in [0.2, 0.25) is 0 Å². The molecule has 0 spiro atoms. The van der Waals surface area contributed by atoms with Crippen molar-refractivity contribution in [2.24, 2.45) is 5.92 Å². The third-order valence-electron chi connectivity index (χ3n) is 3.11. The van der Waals surface area contributed by atoms with Crippen molar-refractivity contribution in [3.05, 3.63) is 12.4 Å². The molecule has 5 heteroatoms. The molecule has 2 rings (SSSR count). The maximum absolute atomic E-state index is 4.26. The molecule has 1 aliphatic rings. The lowest BCUT2D eigenvalue weighted by Crippen LogP contribution is -2.22. The van der Waals surface area contributed by atoms with Crippen molar-refractivity contribution in [2.75, 3.05) is 30.3 Å². The molecule has 3 N–H and O–H groups in total. The maximum Gasteiger partial charge on any atom is 0.131 e. The Morgan fingerprint density at radius 3 is 2.94 bits per heavy atom. The fourth-order valence-electron chi connectivity index (χ4n) is 2.01. The summed E-state index contributed by atoms with van der Waals surface area (Å²) in [5.74, 6) is 2.52. The molecule has 0 unspecified atom stereocenters. The molecule has 1 atom stereocenters. The smallest absolute Gasteiger partial charge is 0.131 e. The Kier molecular flexibility index (Phi) is 4.75. The van der Waals surface area contributed by atoms with Crippen molar-refractivity contribution in [3.63, 3.8) is 0 Å². The summed E-state index contributed by atoms with van der Waals surface area (Å²) in [6, 6.07) is 2.47. The lowest BCUT2D eigenvalue weighted by atomic mass is 10.1. The molecule has 0 aliphatic carbocycles. The average Bonchev–Trinajstić information content (AvgIpc) is 2.82. The Bertz CT molecular complexity index is 360. The number of aromatic nitrogens is 2. The molecule has 1 aromatic heterocycles. The highest BCUT2D eigenvalue weighted by Crippen LogP contribution is 2.12. The maximum atomic E-state index is 4.26. The Balaban J connectivity index is 1.84. The van der Waals surface area contributed by atoms with Crippen LogP contribution in [0.4, 0.5) is 11.6 Å². The van der Waals surface area contributed by atoms with Crippen LogP contribution in [0.1, 0.15) is 26.7 Å². The van der Waals surface area contributed by atoms with E-state index in [-0.39, 0.29) is 0 Å². The van der Waals surface area contributed by atoms with E-state index in [0.717, 1.165) is 44.1 Å². The Morgan fingerprint density at radius 2 is 2.22 bits per heavy atom. The van der Waals surface area contributed by atoms with Crippen LogP contribution >= 0.6 is 0 Å². The molecule has 1 fully saturated rings. The van der Waals surface area contributed by atoms with E-state index in [1.54, 1.807) is 6.33 Å². The molecule has 1 saturated heterocycles. The van der Waals surface area contributed by atoms with Gasteiger partial charge in [-0.3, -0.25) is 0 Å². The van der Waals surface area contributed by atoms with Gasteiger partial charge < -0.3 is 16.0 Å². The normalized spacial score (nSPS) is 19.2. The monoisotopic (exact) mass is 249 g/mol. The van der Waals surface area contributed by atoms with Crippen molar-refractivity contribution >= 4 is 11.6 Å². The minimum atomic E-state index is 0.489. The summed E-state index contributed by atoms with van der Waals surface area (Å²) in [7, 11) is 0. The number of nitrogens with zero attached hydrogens (tertiary/aromatic N) is 2. The van der Waals surface area contributed by atoms with Gasteiger partial charge in [0, 0.05) is 25.2 Å². The number of rotatable bonds is 6. The van der Waals surface area contributed by atoms with Gasteiger partial charge in [-0.1, -0.05) is 13.8 Å². The standard InChI is InChI=1S/C13H23N5/c1-10(2)3-6-15-12-7-13(17-9-16-12)18-11-4-5-14-8-11/h7,9-11,14H,3-6,8H2,1-2H3,(H2,15,16,17,18)/t11-/m0/s1. The Labute approximate surface area is 109 Å². The van der Waals surface area contributed by atoms with E-state index in [9.17, 15) is 0 Å². The molecule has 5 nitrogen and oxygen atoms in total. The van der Waals surface area contributed by atoms with Gasteiger partial charge in [-0.2, -0.15) is 0 Å². The molecule has 1 aromatic rings. The van der Waals surface area contributed by atoms with Crippen LogP contribution in [0, 0.1) is 5.92 Å². The molecule has 0 radical (unpaired) electrons. The summed E-state index contributed by atoms with van der Waals surface area (Å²) in [6.07, 6.45) is 3.92. The quantitative estimate of drug-likeness (QED) is 0.716. The number of hydrogen-bond donors (Lipinski definition) is 3. The lowest BCUT2D eigenvalue weighted by molar-refractivity contribution is 0.606. The molecule has 100 valence electrons. The van der Waals surface area contributed by atoms with Gasteiger partial charge in [0.15, 0.2) is 0 Å². The minimum Gasteiger partial charge on any atom is -0.370 e. The second-order valence-corrected chi connectivity index (χ2v) is 5.23. The molecule has 0 bridgehead atoms. The molecular formula is C13H23N5. The topological polar surface area (TPSA) is 61.9 Å². The summed E-state index contributed by atoms with van der Waals surface area (Å²) < 4.78 is 0. The highest BCUT2D eigenvalue weighted by Gasteiger charge is 2.14. The zero-order chi connectivity index (χ0) is 12.8. The third kappa shape index (κ3) is 4.14. The van der Waals surface area contributed by atoms with Crippen LogP contribution in [0.25, 0.3) is 0 Å². The molecule has 0 amide bonds.